The quantitative estimate of drug-likeness (QED) is 0.879. The highest BCUT2D eigenvalue weighted by Gasteiger charge is 2.23. The van der Waals surface area contributed by atoms with Crippen LogP contribution in [0.1, 0.15) is 30.0 Å². The van der Waals surface area contributed by atoms with Gasteiger partial charge < -0.3 is 10.1 Å². The molecule has 0 fully saturated rings. The molecule has 0 saturated heterocycles. The van der Waals surface area contributed by atoms with Gasteiger partial charge in [0.2, 0.25) is 0 Å². The lowest BCUT2D eigenvalue weighted by Crippen LogP contribution is -2.23. The van der Waals surface area contributed by atoms with E-state index in [-0.39, 0.29) is 6.04 Å². The minimum Gasteiger partial charge on any atom is -0.493 e. The molecule has 1 unspecified atom stereocenters. The molecule has 2 aromatic rings. The van der Waals surface area contributed by atoms with Crippen molar-refractivity contribution < 1.29 is 4.74 Å². The summed E-state index contributed by atoms with van der Waals surface area (Å²) >= 11 is 0. The van der Waals surface area contributed by atoms with Crippen molar-refractivity contribution in [2.75, 3.05) is 14.2 Å². The van der Waals surface area contributed by atoms with E-state index in [1.807, 2.05) is 25.6 Å². The van der Waals surface area contributed by atoms with Crippen LogP contribution in [0.25, 0.3) is 0 Å². The lowest BCUT2D eigenvalue weighted by molar-refractivity contribution is 0.400. The second-order valence-electron chi connectivity index (χ2n) is 4.22. The second-order valence-corrected chi connectivity index (χ2v) is 4.22. The van der Waals surface area contributed by atoms with E-state index < -0.39 is 0 Å². The van der Waals surface area contributed by atoms with Crippen LogP contribution < -0.4 is 10.1 Å². The van der Waals surface area contributed by atoms with Crippen LogP contribution in [0.15, 0.2) is 18.6 Å². The first-order chi connectivity index (χ1) is 9.21. The van der Waals surface area contributed by atoms with Gasteiger partial charge in [0.25, 0.3) is 0 Å². The SMILES string of the molecule is CCn1ncc(OC)c1C(NC)c1cnc(C)cn1. The molecule has 0 aliphatic carbocycles. The average molecular weight is 261 g/mol. The van der Waals surface area contributed by atoms with Crippen LogP contribution in [0.5, 0.6) is 5.75 Å². The molecule has 1 atom stereocenters. The fourth-order valence-electron chi connectivity index (χ4n) is 2.05. The molecule has 0 spiro atoms. The van der Waals surface area contributed by atoms with E-state index >= 15 is 0 Å². The zero-order valence-corrected chi connectivity index (χ0v) is 11.7. The molecule has 0 saturated carbocycles. The van der Waals surface area contributed by atoms with Gasteiger partial charge in [-0.15, -0.1) is 0 Å². The van der Waals surface area contributed by atoms with Gasteiger partial charge in [-0.2, -0.15) is 5.10 Å². The maximum Gasteiger partial charge on any atom is 0.161 e. The molecular formula is C13H19N5O. The minimum absolute atomic E-state index is 0.0921. The van der Waals surface area contributed by atoms with Crippen molar-refractivity contribution in [1.29, 1.82) is 0 Å². The third-order valence-electron chi connectivity index (χ3n) is 3.02. The maximum atomic E-state index is 5.38. The number of ether oxygens (including phenoxy) is 1. The summed E-state index contributed by atoms with van der Waals surface area (Å²) in [6, 6.07) is -0.0921. The van der Waals surface area contributed by atoms with Crippen LogP contribution in [0.2, 0.25) is 0 Å². The van der Waals surface area contributed by atoms with Crippen LogP contribution in [0, 0.1) is 6.92 Å². The topological polar surface area (TPSA) is 64.9 Å². The van der Waals surface area contributed by atoms with Gasteiger partial charge in [-0.25, -0.2) is 0 Å². The van der Waals surface area contributed by atoms with Crippen LogP contribution in [-0.2, 0) is 6.54 Å². The first-order valence-electron chi connectivity index (χ1n) is 6.26. The van der Waals surface area contributed by atoms with Gasteiger partial charge in [-0.3, -0.25) is 14.6 Å². The summed E-state index contributed by atoms with van der Waals surface area (Å²) in [6.45, 7) is 4.74. The summed E-state index contributed by atoms with van der Waals surface area (Å²) in [5, 5.41) is 7.57. The number of rotatable bonds is 5. The normalized spacial score (nSPS) is 12.4. The first-order valence-corrected chi connectivity index (χ1v) is 6.26. The van der Waals surface area contributed by atoms with E-state index in [0.717, 1.165) is 29.4 Å². The van der Waals surface area contributed by atoms with Crippen molar-refractivity contribution in [1.82, 2.24) is 25.1 Å². The van der Waals surface area contributed by atoms with Crippen LogP contribution in [-0.4, -0.2) is 33.9 Å². The molecule has 0 radical (unpaired) electrons. The Balaban J connectivity index is 2.46. The molecule has 102 valence electrons. The fraction of sp³-hybridized carbons (Fsp3) is 0.462. The van der Waals surface area contributed by atoms with Crippen molar-refractivity contribution >= 4 is 0 Å². The number of nitrogens with zero attached hydrogens (tertiary/aromatic N) is 4. The van der Waals surface area contributed by atoms with Crippen LogP contribution in [0.4, 0.5) is 0 Å². The highest BCUT2D eigenvalue weighted by molar-refractivity contribution is 5.33. The summed E-state index contributed by atoms with van der Waals surface area (Å²) in [4.78, 5) is 8.73. The van der Waals surface area contributed by atoms with Crippen molar-refractivity contribution in [2.45, 2.75) is 26.4 Å². The number of aromatic nitrogens is 4. The smallest absolute Gasteiger partial charge is 0.161 e. The van der Waals surface area contributed by atoms with Crippen molar-refractivity contribution in [2.24, 2.45) is 0 Å². The van der Waals surface area contributed by atoms with Gasteiger partial charge in [-0.05, 0) is 20.9 Å². The van der Waals surface area contributed by atoms with E-state index in [1.165, 1.54) is 0 Å². The number of hydrogen-bond acceptors (Lipinski definition) is 5. The van der Waals surface area contributed by atoms with Crippen LogP contribution >= 0.6 is 0 Å². The molecule has 2 rings (SSSR count). The third-order valence-corrected chi connectivity index (χ3v) is 3.02. The van der Waals surface area contributed by atoms with Crippen molar-refractivity contribution in [3.05, 3.63) is 35.7 Å². The lowest BCUT2D eigenvalue weighted by atomic mass is 10.1. The summed E-state index contributed by atoms with van der Waals surface area (Å²) < 4.78 is 7.29. The first kappa shape index (κ1) is 13.5. The minimum atomic E-state index is -0.0921. The Bertz CT molecular complexity index is 513. The van der Waals surface area contributed by atoms with Gasteiger partial charge in [-0.1, -0.05) is 0 Å². The van der Waals surface area contributed by atoms with Gasteiger partial charge in [0.15, 0.2) is 5.75 Å². The Labute approximate surface area is 112 Å². The Morgan fingerprint density at radius 2 is 2.11 bits per heavy atom. The maximum absolute atomic E-state index is 5.38. The summed E-state index contributed by atoms with van der Waals surface area (Å²) in [5.74, 6) is 0.753. The number of methoxy groups -OCH3 is 1. The number of hydrogen-bond donors (Lipinski definition) is 1. The Morgan fingerprint density at radius 3 is 2.63 bits per heavy atom. The second kappa shape index (κ2) is 5.79. The van der Waals surface area contributed by atoms with E-state index in [0.29, 0.717) is 0 Å². The molecule has 0 aromatic carbocycles. The van der Waals surface area contributed by atoms with Gasteiger partial charge in [0.1, 0.15) is 5.69 Å². The predicted octanol–water partition coefficient (Wildman–Crippen LogP) is 1.32. The van der Waals surface area contributed by atoms with E-state index in [9.17, 15) is 0 Å². The molecule has 6 heteroatoms. The van der Waals surface area contributed by atoms with Crippen LogP contribution in [0.3, 0.4) is 0 Å². The highest BCUT2D eigenvalue weighted by atomic mass is 16.5. The molecule has 19 heavy (non-hydrogen) atoms. The standard InChI is InChI=1S/C13H19N5O/c1-5-18-13(11(19-4)8-17-18)12(14-3)10-7-15-9(2)6-16-10/h6-8,12,14H,5H2,1-4H3. The molecule has 0 bridgehead atoms. The number of nitrogens with one attached hydrogen (secondary N) is 1. The Kier molecular flexibility index (Phi) is 4.11. The Hall–Kier alpha value is -1.95. The molecule has 0 amide bonds. The molecule has 0 aliphatic heterocycles. The van der Waals surface area contributed by atoms with Crippen molar-refractivity contribution in [3.8, 4) is 5.75 Å². The zero-order valence-electron chi connectivity index (χ0n) is 11.7. The van der Waals surface area contributed by atoms with Crippen molar-refractivity contribution in [3.63, 3.8) is 0 Å². The molecule has 0 aliphatic rings. The van der Waals surface area contributed by atoms with Gasteiger partial charge in [0.05, 0.1) is 36.9 Å². The summed E-state index contributed by atoms with van der Waals surface area (Å²) in [7, 11) is 3.53. The molecule has 6 nitrogen and oxygen atoms in total. The van der Waals surface area contributed by atoms with Gasteiger partial charge in [0, 0.05) is 12.7 Å². The summed E-state index contributed by atoms with van der Waals surface area (Å²) in [5.41, 5.74) is 2.71. The highest BCUT2D eigenvalue weighted by Crippen LogP contribution is 2.28. The fourth-order valence-corrected chi connectivity index (χ4v) is 2.05. The average Bonchev–Trinajstić information content (AvgIpc) is 2.85. The third kappa shape index (κ3) is 2.58. The lowest BCUT2D eigenvalue weighted by Gasteiger charge is -2.18. The molecular weight excluding hydrogens is 242 g/mol. The van der Waals surface area contributed by atoms with Gasteiger partial charge >= 0.3 is 0 Å². The van der Waals surface area contributed by atoms with E-state index in [1.54, 1.807) is 25.7 Å². The summed E-state index contributed by atoms with van der Waals surface area (Å²) in [6.07, 6.45) is 5.27. The van der Waals surface area contributed by atoms with E-state index in [2.05, 4.69) is 20.4 Å². The predicted molar refractivity (Wildman–Crippen MR) is 72.1 cm³/mol. The number of aryl methyl sites for hydroxylation is 2. The molecule has 2 heterocycles. The largest absolute Gasteiger partial charge is 0.493 e. The van der Waals surface area contributed by atoms with E-state index in [4.69, 9.17) is 4.74 Å². The molecule has 2 aromatic heterocycles. The molecule has 1 N–H and O–H groups in total. The Morgan fingerprint density at radius 1 is 1.32 bits per heavy atom. The monoisotopic (exact) mass is 261 g/mol. The zero-order chi connectivity index (χ0) is 13.8.